The largest absolute Gasteiger partial charge is 0.348 e. The Kier molecular flexibility index (Phi) is 7.46. The fourth-order valence-corrected chi connectivity index (χ4v) is 4.95. The summed E-state index contributed by atoms with van der Waals surface area (Å²) in [5, 5.41) is 2.89. The number of benzene rings is 3. The van der Waals surface area contributed by atoms with Crippen molar-refractivity contribution >= 4 is 21.6 Å². The van der Waals surface area contributed by atoms with Crippen LogP contribution in [0.2, 0.25) is 0 Å². The lowest BCUT2D eigenvalue weighted by Gasteiger charge is -2.25. The van der Waals surface area contributed by atoms with Gasteiger partial charge in [-0.05, 0) is 66.8 Å². The summed E-state index contributed by atoms with van der Waals surface area (Å²) in [6.07, 6.45) is 0. The smallest absolute Gasteiger partial charge is 0.264 e. The summed E-state index contributed by atoms with van der Waals surface area (Å²) in [4.78, 5) is 12.9. The zero-order valence-corrected chi connectivity index (χ0v) is 21.0. The molecular weight excluding hydrogens is 451 g/mol. The van der Waals surface area contributed by atoms with E-state index in [0.717, 1.165) is 27.6 Å². The molecule has 3 aromatic rings. The second-order valence-electron chi connectivity index (χ2n) is 9.46. The van der Waals surface area contributed by atoms with Gasteiger partial charge in [0.05, 0.1) is 16.6 Å². The second kappa shape index (κ2) is 9.97. The van der Waals surface area contributed by atoms with Gasteiger partial charge in [0.25, 0.3) is 10.0 Å². The van der Waals surface area contributed by atoms with Gasteiger partial charge in [-0.3, -0.25) is 9.10 Å². The van der Waals surface area contributed by atoms with E-state index in [-0.39, 0.29) is 16.4 Å². The summed E-state index contributed by atoms with van der Waals surface area (Å²) in [6, 6.07) is 19.1. The van der Waals surface area contributed by atoms with Crippen LogP contribution in [0.15, 0.2) is 77.7 Å². The lowest BCUT2D eigenvalue weighted by molar-refractivity contribution is -0.120. The molecule has 0 unspecified atom stereocenters. The molecule has 0 aromatic heterocycles. The third kappa shape index (κ3) is 6.03. The number of nitrogens with one attached hydrogen (secondary N) is 1. The molecule has 180 valence electrons. The molecule has 1 N–H and O–H groups in total. The van der Waals surface area contributed by atoms with Crippen LogP contribution in [0.25, 0.3) is 0 Å². The summed E-state index contributed by atoms with van der Waals surface area (Å²) >= 11 is 0. The van der Waals surface area contributed by atoms with Crippen molar-refractivity contribution in [1.29, 1.82) is 0 Å². The Balaban J connectivity index is 1.84. The number of hydrogen-bond acceptors (Lipinski definition) is 3. The number of aryl methyl sites for hydroxylation is 1. The normalized spacial score (nSPS) is 12.8. The van der Waals surface area contributed by atoms with Crippen molar-refractivity contribution in [2.45, 2.75) is 51.0 Å². The van der Waals surface area contributed by atoms with Crippen LogP contribution in [0.4, 0.5) is 10.1 Å². The SMILES string of the molecule is Cc1ccc(N(CC(=O)N[C@@H](C)c2ccc(C(C)(C)C)cc2)S(=O)(=O)c2ccc(F)cc2)cc1. The van der Waals surface area contributed by atoms with E-state index in [1.807, 2.05) is 38.1 Å². The van der Waals surface area contributed by atoms with Crippen molar-refractivity contribution in [3.8, 4) is 0 Å². The Bertz CT molecular complexity index is 1230. The minimum atomic E-state index is -4.10. The topological polar surface area (TPSA) is 66.5 Å². The third-order valence-electron chi connectivity index (χ3n) is 5.67. The van der Waals surface area contributed by atoms with Gasteiger partial charge in [-0.1, -0.05) is 62.7 Å². The molecular formula is C27H31FN2O3S. The first-order valence-corrected chi connectivity index (χ1v) is 12.6. The molecule has 1 atom stereocenters. The number of hydrogen-bond donors (Lipinski definition) is 1. The monoisotopic (exact) mass is 482 g/mol. The first-order valence-electron chi connectivity index (χ1n) is 11.1. The molecule has 5 nitrogen and oxygen atoms in total. The van der Waals surface area contributed by atoms with Crippen molar-refractivity contribution in [2.24, 2.45) is 0 Å². The number of sulfonamides is 1. The number of anilines is 1. The number of carbonyl (C=O) groups is 1. The Labute approximate surface area is 201 Å². The summed E-state index contributed by atoms with van der Waals surface area (Å²) in [6.45, 7) is 9.74. The van der Waals surface area contributed by atoms with Crippen LogP contribution < -0.4 is 9.62 Å². The Hall–Kier alpha value is -3.19. The fourth-order valence-electron chi connectivity index (χ4n) is 3.53. The molecule has 3 rings (SSSR count). The van der Waals surface area contributed by atoms with Gasteiger partial charge < -0.3 is 5.32 Å². The van der Waals surface area contributed by atoms with E-state index in [0.29, 0.717) is 5.69 Å². The van der Waals surface area contributed by atoms with Crippen LogP contribution >= 0.6 is 0 Å². The van der Waals surface area contributed by atoms with Crippen molar-refractivity contribution < 1.29 is 17.6 Å². The minimum Gasteiger partial charge on any atom is -0.348 e. The maximum absolute atomic E-state index is 13.4. The highest BCUT2D eigenvalue weighted by Crippen LogP contribution is 2.26. The van der Waals surface area contributed by atoms with Crippen LogP contribution in [0.1, 0.15) is 50.4 Å². The Morgan fingerprint density at radius 3 is 2.03 bits per heavy atom. The lowest BCUT2D eigenvalue weighted by Crippen LogP contribution is -2.41. The molecule has 0 bridgehead atoms. The summed E-state index contributed by atoms with van der Waals surface area (Å²) in [5.41, 5.74) is 3.44. The molecule has 0 heterocycles. The Morgan fingerprint density at radius 2 is 1.50 bits per heavy atom. The maximum atomic E-state index is 13.4. The van der Waals surface area contributed by atoms with Gasteiger partial charge in [0.15, 0.2) is 0 Å². The van der Waals surface area contributed by atoms with Crippen LogP contribution in [0.3, 0.4) is 0 Å². The molecule has 7 heteroatoms. The van der Waals surface area contributed by atoms with E-state index < -0.39 is 28.3 Å². The average molecular weight is 483 g/mol. The molecule has 34 heavy (non-hydrogen) atoms. The van der Waals surface area contributed by atoms with E-state index in [1.54, 1.807) is 24.3 Å². The van der Waals surface area contributed by atoms with Crippen molar-refractivity contribution in [1.82, 2.24) is 5.32 Å². The highest BCUT2D eigenvalue weighted by molar-refractivity contribution is 7.92. The molecule has 0 aliphatic rings. The van der Waals surface area contributed by atoms with Gasteiger partial charge in [-0.15, -0.1) is 0 Å². The first-order chi connectivity index (χ1) is 15.9. The van der Waals surface area contributed by atoms with Crippen LogP contribution in [0.5, 0.6) is 0 Å². The van der Waals surface area contributed by atoms with E-state index >= 15 is 0 Å². The van der Waals surface area contributed by atoms with Crippen molar-refractivity contribution in [2.75, 3.05) is 10.8 Å². The van der Waals surface area contributed by atoms with E-state index in [9.17, 15) is 17.6 Å². The standard InChI is InChI=1S/C27H31FN2O3S/c1-19-6-14-24(15-7-19)30(34(32,33)25-16-12-23(28)13-17-25)18-26(31)29-20(2)21-8-10-22(11-9-21)27(3,4)5/h6-17,20H,18H2,1-5H3,(H,29,31)/t20-/m0/s1. The zero-order chi connectivity index (χ0) is 25.1. The molecule has 3 aromatic carbocycles. The molecule has 0 aliphatic carbocycles. The molecule has 1 amide bonds. The third-order valence-corrected chi connectivity index (χ3v) is 7.45. The quantitative estimate of drug-likeness (QED) is 0.483. The molecule has 0 spiro atoms. The summed E-state index contributed by atoms with van der Waals surface area (Å²) < 4.78 is 41.2. The highest BCUT2D eigenvalue weighted by Gasteiger charge is 2.28. The van der Waals surface area contributed by atoms with Crippen LogP contribution in [0, 0.1) is 12.7 Å². The number of halogens is 1. The number of carbonyl (C=O) groups excluding carboxylic acids is 1. The second-order valence-corrected chi connectivity index (χ2v) is 11.3. The fraction of sp³-hybridized carbons (Fsp3) is 0.296. The van der Waals surface area contributed by atoms with Gasteiger partial charge in [-0.2, -0.15) is 0 Å². The van der Waals surface area contributed by atoms with Crippen molar-refractivity contribution in [3.05, 3.63) is 95.3 Å². The van der Waals surface area contributed by atoms with Gasteiger partial charge in [-0.25, -0.2) is 12.8 Å². The zero-order valence-electron chi connectivity index (χ0n) is 20.2. The number of rotatable bonds is 7. The summed E-state index contributed by atoms with van der Waals surface area (Å²) in [7, 11) is -4.10. The Morgan fingerprint density at radius 1 is 0.941 bits per heavy atom. The van der Waals surface area contributed by atoms with Gasteiger partial charge in [0.1, 0.15) is 12.4 Å². The average Bonchev–Trinajstić information content (AvgIpc) is 2.78. The molecule has 0 fully saturated rings. The number of nitrogens with zero attached hydrogens (tertiary/aromatic N) is 1. The van der Waals surface area contributed by atoms with Gasteiger partial charge in [0.2, 0.25) is 5.91 Å². The predicted molar refractivity (Wildman–Crippen MR) is 134 cm³/mol. The van der Waals surface area contributed by atoms with Crippen LogP contribution in [-0.4, -0.2) is 20.9 Å². The lowest BCUT2D eigenvalue weighted by atomic mass is 9.86. The minimum absolute atomic E-state index is 0.0221. The predicted octanol–water partition coefficient (Wildman–Crippen LogP) is 5.50. The number of amides is 1. The molecule has 0 radical (unpaired) electrons. The first kappa shape index (κ1) is 25.4. The molecule has 0 aliphatic heterocycles. The molecule has 0 saturated carbocycles. The van der Waals surface area contributed by atoms with Gasteiger partial charge in [0, 0.05) is 0 Å². The van der Waals surface area contributed by atoms with Crippen molar-refractivity contribution in [3.63, 3.8) is 0 Å². The molecule has 0 saturated heterocycles. The summed E-state index contributed by atoms with van der Waals surface area (Å²) in [5.74, 6) is -0.983. The van der Waals surface area contributed by atoms with Crippen LogP contribution in [-0.2, 0) is 20.2 Å². The van der Waals surface area contributed by atoms with E-state index in [1.165, 1.54) is 17.7 Å². The van der Waals surface area contributed by atoms with E-state index in [2.05, 4.69) is 26.1 Å². The van der Waals surface area contributed by atoms with Gasteiger partial charge >= 0.3 is 0 Å². The van der Waals surface area contributed by atoms with E-state index in [4.69, 9.17) is 0 Å². The highest BCUT2D eigenvalue weighted by atomic mass is 32.2. The maximum Gasteiger partial charge on any atom is 0.264 e.